The van der Waals surface area contributed by atoms with Gasteiger partial charge in [-0.3, -0.25) is 9.52 Å². The van der Waals surface area contributed by atoms with E-state index in [-0.39, 0.29) is 29.5 Å². The molecule has 0 radical (unpaired) electrons. The number of hydrogen-bond acceptors (Lipinski definition) is 5. The Balaban J connectivity index is 1.76. The molecule has 2 fully saturated rings. The minimum absolute atomic E-state index is 0.0711. The largest absolute Gasteiger partial charge is 0.462 e. The standard InChI is InChI=1S/C19H25NO5S/c1-4-25-17(22)13-5-7-15(8-6-13)20-26(23,24)12-19-10-9-14(11-16(19)21)18(19,2)3/h5-8,14,20H,4,9-12H2,1-3H3/t14-,19-/m0/s1. The summed E-state index contributed by atoms with van der Waals surface area (Å²) < 4.78 is 32.9. The van der Waals surface area contributed by atoms with Crippen LogP contribution in [-0.4, -0.2) is 32.5 Å². The first-order valence-electron chi connectivity index (χ1n) is 8.92. The molecule has 0 aliphatic heterocycles. The highest BCUT2D eigenvalue weighted by Crippen LogP contribution is 2.64. The van der Waals surface area contributed by atoms with Crippen LogP contribution < -0.4 is 4.72 Å². The molecule has 6 nitrogen and oxygen atoms in total. The SMILES string of the molecule is CCOC(=O)c1ccc(NS(=O)(=O)C[C@@]23CC[C@@H](CC2=O)C3(C)C)cc1. The third-order valence-electron chi connectivity index (χ3n) is 6.24. The normalized spacial score (nSPS) is 26.7. The molecule has 2 aliphatic carbocycles. The van der Waals surface area contributed by atoms with Gasteiger partial charge in [0.25, 0.3) is 0 Å². The summed E-state index contributed by atoms with van der Waals surface area (Å²) in [5, 5.41) is 0. The van der Waals surface area contributed by atoms with Gasteiger partial charge in [-0.15, -0.1) is 0 Å². The van der Waals surface area contributed by atoms with Crippen LogP contribution in [0.3, 0.4) is 0 Å². The molecule has 1 aromatic rings. The minimum Gasteiger partial charge on any atom is -0.462 e. The lowest BCUT2D eigenvalue weighted by Crippen LogP contribution is -2.43. The van der Waals surface area contributed by atoms with E-state index >= 15 is 0 Å². The Morgan fingerprint density at radius 2 is 1.92 bits per heavy atom. The molecule has 1 aromatic carbocycles. The molecule has 0 unspecified atom stereocenters. The Bertz CT molecular complexity index is 828. The molecule has 0 aromatic heterocycles. The number of Topliss-reactive ketones (excluding diaryl/α,β-unsaturated/α-hetero) is 1. The van der Waals surface area contributed by atoms with E-state index in [1.165, 1.54) is 24.3 Å². The van der Waals surface area contributed by atoms with Gasteiger partial charge in [0.1, 0.15) is 5.78 Å². The van der Waals surface area contributed by atoms with E-state index < -0.39 is 21.4 Å². The van der Waals surface area contributed by atoms with Gasteiger partial charge >= 0.3 is 5.97 Å². The van der Waals surface area contributed by atoms with Crippen molar-refractivity contribution in [2.24, 2.45) is 16.7 Å². The summed E-state index contributed by atoms with van der Waals surface area (Å²) >= 11 is 0. The van der Waals surface area contributed by atoms with Gasteiger partial charge < -0.3 is 4.74 Å². The van der Waals surface area contributed by atoms with Crippen LogP contribution in [0.15, 0.2) is 24.3 Å². The number of sulfonamides is 1. The lowest BCUT2D eigenvalue weighted by Gasteiger charge is -2.36. The molecule has 26 heavy (non-hydrogen) atoms. The lowest BCUT2D eigenvalue weighted by molar-refractivity contribution is -0.128. The predicted octanol–water partition coefficient (Wildman–Crippen LogP) is 3.00. The number of ether oxygens (including phenoxy) is 1. The molecule has 0 heterocycles. The van der Waals surface area contributed by atoms with Crippen molar-refractivity contribution in [1.82, 2.24) is 0 Å². The minimum atomic E-state index is -3.70. The number of rotatable bonds is 6. The number of carbonyl (C=O) groups is 2. The first kappa shape index (κ1) is 18.9. The maximum Gasteiger partial charge on any atom is 0.338 e. The molecule has 1 N–H and O–H groups in total. The zero-order valence-electron chi connectivity index (χ0n) is 15.4. The van der Waals surface area contributed by atoms with Gasteiger partial charge in [-0.05, 0) is 55.4 Å². The van der Waals surface area contributed by atoms with Crippen molar-refractivity contribution >= 4 is 27.5 Å². The van der Waals surface area contributed by atoms with Gasteiger partial charge in [-0.1, -0.05) is 13.8 Å². The maximum atomic E-state index is 12.7. The van der Waals surface area contributed by atoms with Crippen LogP contribution in [0.2, 0.25) is 0 Å². The number of carbonyl (C=O) groups excluding carboxylic acids is 2. The zero-order valence-corrected chi connectivity index (χ0v) is 16.2. The number of benzene rings is 1. The van der Waals surface area contributed by atoms with Crippen molar-refractivity contribution < 1.29 is 22.7 Å². The average Bonchev–Trinajstić information content (AvgIpc) is 2.89. The first-order valence-corrected chi connectivity index (χ1v) is 10.6. The number of ketones is 1. The number of esters is 1. The van der Waals surface area contributed by atoms with E-state index in [1.54, 1.807) is 6.92 Å². The van der Waals surface area contributed by atoms with Crippen LogP contribution in [0.25, 0.3) is 0 Å². The number of anilines is 1. The zero-order chi connectivity index (χ0) is 19.2. The molecule has 0 amide bonds. The highest BCUT2D eigenvalue weighted by atomic mass is 32.2. The fraction of sp³-hybridized carbons (Fsp3) is 0.579. The van der Waals surface area contributed by atoms with Crippen molar-refractivity contribution in [3.05, 3.63) is 29.8 Å². The van der Waals surface area contributed by atoms with Crippen LogP contribution in [0.1, 0.15) is 50.4 Å². The lowest BCUT2D eigenvalue weighted by atomic mass is 9.70. The summed E-state index contributed by atoms with van der Waals surface area (Å²) in [6.07, 6.45) is 2.02. The van der Waals surface area contributed by atoms with E-state index in [9.17, 15) is 18.0 Å². The van der Waals surface area contributed by atoms with Gasteiger partial charge in [0.05, 0.1) is 23.3 Å². The topological polar surface area (TPSA) is 89.5 Å². The number of nitrogens with one attached hydrogen (secondary N) is 1. The van der Waals surface area contributed by atoms with Gasteiger partial charge in [0.2, 0.25) is 10.0 Å². The summed E-state index contributed by atoms with van der Waals surface area (Å²) in [6.45, 7) is 6.03. The van der Waals surface area contributed by atoms with Gasteiger partial charge in [0.15, 0.2) is 0 Å². The molecule has 2 aliphatic rings. The van der Waals surface area contributed by atoms with Gasteiger partial charge in [-0.25, -0.2) is 13.2 Å². The third-order valence-corrected chi connectivity index (χ3v) is 7.66. The van der Waals surface area contributed by atoms with Crippen molar-refractivity contribution in [2.75, 3.05) is 17.1 Å². The Hall–Kier alpha value is -1.89. The molecule has 2 bridgehead atoms. The summed E-state index contributed by atoms with van der Waals surface area (Å²) in [6, 6.07) is 6.09. The van der Waals surface area contributed by atoms with Crippen LogP contribution >= 0.6 is 0 Å². The molecule has 3 rings (SSSR count). The van der Waals surface area contributed by atoms with Crippen LogP contribution in [-0.2, 0) is 19.6 Å². The molecule has 0 spiro atoms. The predicted molar refractivity (Wildman–Crippen MR) is 98.4 cm³/mol. The molecule has 2 saturated carbocycles. The summed E-state index contributed by atoms with van der Waals surface area (Å²) in [5.74, 6) is -0.297. The quantitative estimate of drug-likeness (QED) is 0.768. The highest BCUT2D eigenvalue weighted by Gasteiger charge is 2.65. The second kappa shape index (κ2) is 6.37. The molecular weight excluding hydrogens is 354 g/mol. The monoisotopic (exact) mass is 379 g/mol. The number of hydrogen-bond donors (Lipinski definition) is 1. The second-order valence-electron chi connectivity index (χ2n) is 7.83. The van der Waals surface area contributed by atoms with Crippen molar-refractivity contribution in [3.63, 3.8) is 0 Å². The van der Waals surface area contributed by atoms with Crippen molar-refractivity contribution in [1.29, 1.82) is 0 Å². The van der Waals surface area contributed by atoms with Crippen LogP contribution in [0.5, 0.6) is 0 Å². The third kappa shape index (κ3) is 3.02. The van der Waals surface area contributed by atoms with E-state index in [2.05, 4.69) is 4.72 Å². The Morgan fingerprint density at radius 1 is 1.27 bits per heavy atom. The van der Waals surface area contributed by atoms with Gasteiger partial charge in [0, 0.05) is 12.1 Å². The first-order chi connectivity index (χ1) is 12.1. The smallest absolute Gasteiger partial charge is 0.338 e. The van der Waals surface area contributed by atoms with Gasteiger partial charge in [-0.2, -0.15) is 0 Å². The fourth-order valence-corrected chi connectivity index (χ4v) is 6.43. The molecular formula is C19H25NO5S. The maximum absolute atomic E-state index is 12.7. The summed E-state index contributed by atoms with van der Waals surface area (Å²) in [7, 11) is -3.70. The van der Waals surface area contributed by atoms with Crippen molar-refractivity contribution in [3.8, 4) is 0 Å². The van der Waals surface area contributed by atoms with Crippen LogP contribution in [0.4, 0.5) is 5.69 Å². The summed E-state index contributed by atoms with van der Waals surface area (Å²) in [5.41, 5.74) is -0.368. The van der Waals surface area contributed by atoms with E-state index in [0.29, 0.717) is 24.1 Å². The van der Waals surface area contributed by atoms with Crippen LogP contribution in [0, 0.1) is 16.7 Å². The van der Waals surface area contributed by atoms with E-state index in [4.69, 9.17) is 4.74 Å². The van der Waals surface area contributed by atoms with Crippen molar-refractivity contribution in [2.45, 2.75) is 40.0 Å². The molecule has 0 saturated heterocycles. The Kier molecular flexibility index (Phi) is 4.63. The molecule has 142 valence electrons. The fourth-order valence-electron chi connectivity index (χ4n) is 4.54. The Morgan fingerprint density at radius 3 is 2.42 bits per heavy atom. The number of fused-ring (bicyclic) bond motifs is 2. The molecule has 2 atom stereocenters. The van der Waals surface area contributed by atoms with E-state index in [1.807, 2.05) is 13.8 Å². The summed E-state index contributed by atoms with van der Waals surface area (Å²) in [4.78, 5) is 24.2. The average molecular weight is 379 g/mol. The molecule has 7 heteroatoms. The highest BCUT2D eigenvalue weighted by molar-refractivity contribution is 7.92. The Labute approximate surface area is 154 Å². The van der Waals surface area contributed by atoms with E-state index in [0.717, 1.165) is 6.42 Å². The second-order valence-corrected chi connectivity index (χ2v) is 9.55.